The van der Waals surface area contributed by atoms with Gasteiger partial charge in [-0.25, -0.2) is 4.79 Å². The topological polar surface area (TPSA) is 83.2 Å². The fraction of sp³-hybridized carbons (Fsp3) is 0.519. The molecule has 0 radical (unpaired) electrons. The summed E-state index contributed by atoms with van der Waals surface area (Å²) in [6, 6.07) is 11.7. The molecule has 2 aromatic carbocycles. The molecule has 2 amide bonds. The number of quaternary nitrogens is 1. The Kier molecular flexibility index (Phi) is 11.0. The number of methoxy groups -OCH3 is 4. The maximum absolute atomic E-state index is 11.9. The van der Waals surface area contributed by atoms with Crippen LogP contribution in [0.15, 0.2) is 36.4 Å². The van der Waals surface area contributed by atoms with E-state index >= 15 is 0 Å². The molecule has 1 atom stereocenters. The fourth-order valence-electron chi connectivity index (χ4n) is 4.23. The minimum Gasteiger partial charge on any atom is -0.493 e. The zero-order valence-electron chi connectivity index (χ0n) is 22.1. The lowest BCUT2D eigenvalue weighted by Crippen LogP contribution is -2.49. The molecule has 2 aromatic rings. The second-order valence-electron chi connectivity index (χ2n) is 8.85. The maximum Gasteiger partial charge on any atom is 0.314 e. The number of nitrogens with zero attached hydrogens (tertiary/aromatic N) is 2. The second-order valence-corrected chi connectivity index (χ2v) is 8.85. The monoisotopic (exact) mass is 488 g/mol. The number of hydrogen-bond acceptors (Lipinski definition) is 5. The van der Waals surface area contributed by atoms with Crippen molar-refractivity contribution in [3.8, 4) is 23.0 Å². The Labute approximate surface area is 210 Å². The number of benzene rings is 2. The van der Waals surface area contributed by atoms with E-state index in [1.807, 2.05) is 24.3 Å². The first-order valence-electron chi connectivity index (χ1n) is 12.1. The molecule has 8 heteroatoms. The van der Waals surface area contributed by atoms with Gasteiger partial charge in [0, 0.05) is 38.1 Å². The number of nitrogens with two attached hydrogens (primary N) is 1. The van der Waals surface area contributed by atoms with Gasteiger partial charge in [0.1, 0.15) is 5.69 Å². The zero-order chi connectivity index (χ0) is 25.8. The van der Waals surface area contributed by atoms with Crippen molar-refractivity contribution in [2.45, 2.75) is 32.6 Å². The third-order valence-electron chi connectivity index (χ3n) is 6.51. The van der Waals surface area contributed by atoms with Crippen LogP contribution in [0.3, 0.4) is 0 Å². The number of hydrogen-bond donors (Lipinski definition) is 1. The molecule has 0 fully saturated rings. The summed E-state index contributed by atoms with van der Waals surface area (Å²) < 4.78 is 22.5. The summed E-state index contributed by atoms with van der Waals surface area (Å²) in [5.41, 5.74) is 7.90. The summed E-state index contributed by atoms with van der Waals surface area (Å²) in [6.07, 6.45) is 3.63. The summed E-state index contributed by atoms with van der Waals surface area (Å²) in [4.78, 5) is 13.6. The molecule has 2 rings (SSSR count). The van der Waals surface area contributed by atoms with Gasteiger partial charge in [0.05, 0.1) is 48.6 Å². The molecule has 0 spiro atoms. The second kappa shape index (κ2) is 13.7. The van der Waals surface area contributed by atoms with Crippen molar-refractivity contribution < 1.29 is 23.7 Å². The first-order chi connectivity index (χ1) is 16.8. The van der Waals surface area contributed by atoms with Crippen molar-refractivity contribution in [2.75, 3.05) is 61.7 Å². The summed E-state index contributed by atoms with van der Waals surface area (Å²) in [5, 5.41) is 0. The minimum atomic E-state index is -0.357. The Balaban J connectivity index is 2.27. The summed E-state index contributed by atoms with van der Waals surface area (Å²) >= 11 is 0. The summed E-state index contributed by atoms with van der Waals surface area (Å²) in [6.45, 7) is 5.11. The predicted molar refractivity (Wildman–Crippen MR) is 141 cm³/mol. The third kappa shape index (κ3) is 7.68. The number of unbranched alkanes of at least 4 members (excludes halogenated alkanes) is 1. The highest BCUT2D eigenvalue weighted by atomic mass is 16.5. The number of likely N-dealkylation sites (N-methyl/N-ethyl adjacent to an activating group) is 1. The van der Waals surface area contributed by atoms with E-state index in [9.17, 15) is 4.79 Å². The number of primary amides is 1. The van der Waals surface area contributed by atoms with Crippen LogP contribution in [-0.2, 0) is 6.42 Å². The normalized spacial score (nSPS) is 12.5. The molecule has 2 N–H and O–H groups in total. The van der Waals surface area contributed by atoms with Crippen LogP contribution < -0.4 is 29.2 Å². The molecular weight excluding hydrogens is 446 g/mol. The molecule has 194 valence electrons. The van der Waals surface area contributed by atoms with E-state index in [-0.39, 0.29) is 6.03 Å². The molecule has 1 unspecified atom stereocenters. The van der Waals surface area contributed by atoms with Crippen LogP contribution in [0.1, 0.15) is 31.7 Å². The highest BCUT2D eigenvalue weighted by Gasteiger charge is 2.27. The number of amides is 2. The first kappa shape index (κ1) is 28.1. The number of carbonyl (C=O) groups is 1. The van der Waals surface area contributed by atoms with Crippen molar-refractivity contribution in [2.24, 2.45) is 5.73 Å². The van der Waals surface area contributed by atoms with Crippen LogP contribution in [-0.4, -0.2) is 72.6 Å². The van der Waals surface area contributed by atoms with Gasteiger partial charge >= 0.3 is 6.03 Å². The van der Waals surface area contributed by atoms with E-state index in [1.165, 1.54) is 0 Å². The average molecular weight is 489 g/mol. The van der Waals surface area contributed by atoms with Gasteiger partial charge in [-0.1, -0.05) is 19.4 Å². The van der Waals surface area contributed by atoms with E-state index < -0.39 is 0 Å². The Morgan fingerprint density at radius 3 is 1.97 bits per heavy atom. The molecule has 0 saturated carbocycles. The summed E-state index contributed by atoms with van der Waals surface area (Å²) in [5.74, 6) is 2.83. The van der Waals surface area contributed by atoms with Gasteiger partial charge in [-0.05, 0) is 30.2 Å². The molecule has 0 heterocycles. The van der Waals surface area contributed by atoms with Crippen LogP contribution in [0, 0.1) is 0 Å². The van der Waals surface area contributed by atoms with Crippen LogP contribution in [0.25, 0.3) is 0 Å². The molecule has 8 nitrogen and oxygen atoms in total. The van der Waals surface area contributed by atoms with E-state index in [4.69, 9.17) is 24.7 Å². The highest BCUT2D eigenvalue weighted by Crippen LogP contribution is 2.34. The van der Waals surface area contributed by atoms with Gasteiger partial charge in [-0.15, -0.1) is 0 Å². The van der Waals surface area contributed by atoms with E-state index in [2.05, 4.69) is 26.1 Å². The highest BCUT2D eigenvalue weighted by molar-refractivity contribution is 5.71. The SMILES string of the molecule is CCCCN(CCC[N+](C)(CCc1ccc(OC)c(OC)c1)c1ccc(OC)c(OC)c1)C(N)=O. The van der Waals surface area contributed by atoms with Gasteiger partial charge in [-0.2, -0.15) is 0 Å². The van der Waals surface area contributed by atoms with Gasteiger partial charge < -0.3 is 29.6 Å². The van der Waals surface area contributed by atoms with Gasteiger partial charge in [0.25, 0.3) is 0 Å². The van der Waals surface area contributed by atoms with E-state index in [1.54, 1.807) is 33.3 Å². The predicted octanol–water partition coefficient (Wildman–Crippen LogP) is 4.47. The summed E-state index contributed by atoms with van der Waals surface area (Å²) in [7, 11) is 8.78. The lowest BCUT2D eigenvalue weighted by atomic mass is 10.1. The van der Waals surface area contributed by atoms with Crippen molar-refractivity contribution in [3.63, 3.8) is 0 Å². The Morgan fingerprint density at radius 2 is 1.40 bits per heavy atom. The quantitative estimate of drug-likeness (QED) is 0.374. The Hall–Kier alpha value is -3.13. The number of rotatable bonds is 15. The van der Waals surface area contributed by atoms with Crippen molar-refractivity contribution in [1.29, 1.82) is 0 Å². The molecule has 0 saturated heterocycles. The van der Waals surface area contributed by atoms with Crippen molar-refractivity contribution in [3.05, 3.63) is 42.0 Å². The van der Waals surface area contributed by atoms with Crippen LogP contribution >= 0.6 is 0 Å². The van der Waals surface area contributed by atoms with Crippen molar-refractivity contribution in [1.82, 2.24) is 9.38 Å². The molecule has 0 aliphatic carbocycles. The Morgan fingerprint density at radius 1 is 0.829 bits per heavy atom. The molecule has 0 aromatic heterocycles. The average Bonchev–Trinajstić information content (AvgIpc) is 2.88. The molecule has 0 aliphatic heterocycles. The van der Waals surface area contributed by atoms with Crippen LogP contribution in [0.5, 0.6) is 23.0 Å². The number of urea groups is 1. The van der Waals surface area contributed by atoms with Crippen LogP contribution in [0.4, 0.5) is 10.5 Å². The maximum atomic E-state index is 11.9. The first-order valence-corrected chi connectivity index (χ1v) is 12.1. The molecule has 35 heavy (non-hydrogen) atoms. The van der Waals surface area contributed by atoms with Gasteiger partial charge in [0.15, 0.2) is 23.0 Å². The lowest BCUT2D eigenvalue weighted by molar-refractivity contribution is 0.202. The van der Waals surface area contributed by atoms with Crippen molar-refractivity contribution >= 4 is 11.7 Å². The van der Waals surface area contributed by atoms with E-state index in [0.29, 0.717) is 34.8 Å². The molecular formula is C27H42N3O5+. The lowest BCUT2D eigenvalue weighted by Gasteiger charge is -2.35. The molecule has 0 bridgehead atoms. The Bertz CT molecular complexity index is 952. The fourth-order valence-corrected chi connectivity index (χ4v) is 4.23. The number of carbonyl (C=O) groups excluding carboxylic acids is 1. The van der Waals surface area contributed by atoms with E-state index in [0.717, 1.165) is 55.8 Å². The van der Waals surface area contributed by atoms with Crippen LogP contribution in [0.2, 0.25) is 0 Å². The minimum absolute atomic E-state index is 0.357. The number of ether oxygens (including phenoxy) is 4. The van der Waals surface area contributed by atoms with Gasteiger partial charge in [-0.3, -0.25) is 4.48 Å². The smallest absolute Gasteiger partial charge is 0.314 e. The molecule has 0 aliphatic rings. The standard InChI is InChI=1S/C27H41N3O5/c1-7-8-15-29(27(28)31)16-9-17-30(2,22-11-13-24(33-4)26(20-22)35-6)18-14-21-10-12-23(32-3)25(19-21)34-5/h10-13,19-20H,7-9,14-18H2,1-6H3,(H-,28,31)/p+1. The third-order valence-corrected chi connectivity index (χ3v) is 6.51. The zero-order valence-corrected chi connectivity index (χ0v) is 22.1. The van der Waals surface area contributed by atoms with Gasteiger partial charge in [0.2, 0.25) is 0 Å². The largest absolute Gasteiger partial charge is 0.493 e.